The Morgan fingerprint density at radius 3 is 2.29 bits per heavy atom. The van der Waals surface area contributed by atoms with Gasteiger partial charge >= 0.3 is 0 Å². The topological polar surface area (TPSA) is 56.8 Å². The molecule has 0 unspecified atom stereocenters. The second-order valence-corrected chi connectivity index (χ2v) is 5.41. The minimum atomic E-state index is -0.256. The number of hydrogen-bond donors (Lipinski definition) is 1. The third-order valence-electron chi connectivity index (χ3n) is 3.64. The maximum Gasteiger partial charge on any atom is 0.258 e. The number of nitrogens with one attached hydrogen (secondary N) is 1. The fourth-order valence-corrected chi connectivity index (χ4v) is 2.35. The monoisotopic (exact) mass is 329 g/mol. The number of carbonyl (C=O) groups is 1. The summed E-state index contributed by atoms with van der Waals surface area (Å²) >= 11 is 0. The van der Waals surface area contributed by atoms with Gasteiger partial charge in [-0.15, -0.1) is 0 Å². The van der Waals surface area contributed by atoms with Crippen LogP contribution in [0.15, 0.2) is 36.4 Å². The SMILES string of the molecule is COc1cccc(OC)c1C(=O)NCCOc1cc(C)ccc1C. The summed E-state index contributed by atoms with van der Waals surface area (Å²) < 4.78 is 16.2. The van der Waals surface area contributed by atoms with E-state index in [4.69, 9.17) is 14.2 Å². The lowest BCUT2D eigenvalue weighted by molar-refractivity contribution is 0.0940. The van der Waals surface area contributed by atoms with Gasteiger partial charge in [0.05, 0.1) is 20.8 Å². The maximum absolute atomic E-state index is 12.4. The van der Waals surface area contributed by atoms with Gasteiger partial charge in [0, 0.05) is 0 Å². The summed E-state index contributed by atoms with van der Waals surface area (Å²) in [4.78, 5) is 12.4. The van der Waals surface area contributed by atoms with E-state index in [0.29, 0.717) is 30.2 Å². The van der Waals surface area contributed by atoms with Crippen LogP contribution in [0.3, 0.4) is 0 Å². The molecule has 1 amide bonds. The fraction of sp³-hybridized carbons (Fsp3) is 0.316. The van der Waals surface area contributed by atoms with Gasteiger partial charge < -0.3 is 19.5 Å². The molecule has 0 saturated carbocycles. The summed E-state index contributed by atoms with van der Waals surface area (Å²) in [5.41, 5.74) is 2.59. The number of aryl methyl sites for hydroxylation is 2. The number of methoxy groups -OCH3 is 2. The number of rotatable bonds is 7. The number of hydrogen-bond acceptors (Lipinski definition) is 4. The molecule has 1 N–H and O–H groups in total. The van der Waals surface area contributed by atoms with Gasteiger partial charge in [0.15, 0.2) is 0 Å². The van der Waals surface area contributed by atoms with E-state index in [1.807, 2.05) is 32.0 Å². The van der Waals surface area contributed by atoms with Crippen LogP contribution in [0.2, 0.25) is 0 Å². The van der Waals surface area contributed by atoms with Crippen LogP contribution < -0.4 is 19.5 Å². The Hall–Kier alpha value is -2.69. The Balaban J connectivity index is 1.95. The van der Waals surface area contributed by atoms with Crippen molar-refractivity contribution in [3.8, 4) is 17.2 Å². The number of benzene rings is 2. The van der Waals surface area contributed by atoms with Crippen LogP contribution in [0.5, 0.6) is 17.2 Å². The molecule has 0 heterocycles. The Morgan fingerprint density at radius 1 is 1.00 bits per heavy atom. The lowest BCUT2D eigenvalue weighted by Crippen LogP contribution is -2.28. The maximum atomic E-state index is 12.4. The second kappa shape index (κ2) is 8.24. The first-order valence-electron chi connectivity index (χ1n) is 7.76. The number of amides is 1. The number of ether oxygens (including phenoxy) is 3. The summed E-state index contributed by atoms with van der Waals surface area (Å²) in [6, 6.07) is 11.3. The Morgan fingerprint density at radius 2 is 1.67 bits per heavy atom. The molecule has 0 aromatic heterocycles. The molecule has 0 radical (unpaired) electrons. The minimum absolute atomic E-state index is 0.256. The van der Waals surface area contributed by atoms with Gasteiger partial charge in [-0.2, -0.15) is 0 Å². The van der Waals surface area contributed by atoms with Crippen molar-refractivity contribution in [2.75, 3.05) is 27.4 Å². The number of carbonyl (C=O) groups excluding carboxylic acids is 1. The summed E-state index contributed by atoms with van der Waals surface area (Å²) in [5, 5.41) is 2.83. The van der Waals surface area contributed by atoms with Crippen molar-refractivity contribution in [3.05, 3.63) is 53.1 Å². The van der Waals surface area contributed by atoms with Crippen molar-refractivity contribution >= 4 is 5.91 Å². The summed E-state index contributed by atoms with van der Waals surface area (Å²) in [5.74, 6) is 1.53. The highest BCUT2D eigenvalue weighted by Crippen LogP contribution is 2.27. The summed E-state index contributed by atoms with van der Waals surface area (Å²) in [7, 11) is 3.05. The Labute approximate surface area is 142 Å². The van der Waals surface area contributed by atoms with Gasteiger partial charge in [-0.25, -0.2) is 0 Å². The molecule has 0 atom stereocenters. The predicted molar refractivity (Wildman–Crippen MR) is 93.3 cm³/mol. The second-order valence-electron chi connectivity index (χ2n) is 5.41. The standard InChI is InChI=1S/C19H23NO4/c1-13-8-9-14(2)17(12-13)24-11-10-20-19(21)18-15(22-3)6-5-7-16(18)23-4/h5-9,12H,10-11H2,1-4H3,(H,20,21). The zero-order chi connectivity index (χ0) is 17.5. The normalized spacial score (nSPS) is 10.2. The van der Waals surface area contributed by atoms with Crippen LogP contribution in [0.25, 0.3) is 0 Å². The average molecular weight is 329 g/mol. The summed E-state index contributed by atoms with van der Waals surface area (Å²) in [6.45, 7) is 4.77. The van der Waals surface area contributed by atoms with E-state index in [1.54, 1.807) is 18.2 Å². The zero-order valence-electron chi connectivity index (χ0n) is 14.5. The lowest BCUT2D eigenvalue weighted by Gasteiger charge is -2.14. The highest BCUT2D eigenvalue weighted by molar-refractivity contribution is 5.99. The van der Waals surface area contributed by atoms with Crippen molar-refractivity contribution in [1.29, 1.82) is 0 Å². The molecule has 0 bridgehead atoms. The molecule has 5 heteroatoms. The van der Waals surface area contributed by atoms with Gasteiger partial charge in [0.1, 0.15) is 29.4 Å². The quantitative estimate of drug-likeness (QED) is 0.793. The molecule has 0 spiro atoms. The largest absolute Gasteiger partial charge is 0.496 e. The third-order valence-corrected chi connectivity index (χ3v) is 3.64. The molecule has 2 aromatic rings. The molecule has 2 aromatic carbocycles. The van der Waals surface area contributed by atoms with Crippen molar-refractivity contribution < 1.29 is 19.0 Å². The smallest absolute Gasteiger partial charge is 0.258 e. The van der Waals surface area contributed by atoms with Crippen molar-refractivity contribution in [2.24, 2.45) is 0 Å². The van der Waals surface area contributed by atoms with Gasteiger partial charge in [-0.3, -0.25) is 4.79 Å². The van der Waals surface area contributed by atoms with Crippen LogP contribution in [0, 0.1) is 13.8 Å². The molecule has 0 aliphatic carbocycles. The van der Waals surface area contributed by atoms with Gasteiger partial charge in [0.2, 0.25) is 0 Å². The van der Waals surface area contributed by atoms with Gasteiger partial charge in [-0.05, 0) is 43.2 Å². The molecule has 2 rings (SSSR count). The first-order valence-corrected chi connectivity index (χ1v) is 7.76. The van der Waals surface area contributed by atoms with E-state index in [1.165, 1.54) is 14.2 Å². The molecule has 0 saturated heterocycles. The average Bonchev–Trinajstić information content (AvgIpc) is 2.60. The molecule has 0 aliphatic rings. The molecular formula is C19H23NO4. The van der Waals surface area contributed by atoms with Crippen LogP contribution in [0.1, 0.15) is 21.5 Å². The van der Waals surface area contributed by atoms with Crippen LogP contribution >= 0.6 is 0 Å². The summed E-state index contributed by atoms with van der Waals surface area (Å²) in [6.07, 6.45) is 0. The van der Waals surface area contributed by atoms with E-state index in [0.717, 1.165) is 16.9 Å². The highest BCUT2D eigenvalue weighted by atomic mass is 16.5. The lowest BCUT2D eigenvalue weighted by atomic mass is 10.1. The van der Waals surface area contributed by atoms with E-state index in [2.05, 4.69) is 5.32 Å². The van der Waals surface area contributed by atoms with Gasteiger partial charge in [0.25, 0.3) is 5.91 Å². The molecule has 0 aliphatic heterocycles. The van der Waals surface area contributed by atoms with Crippen LogP contribution in [-0.2, 0) is 0 Å². The molecular weight excluding hydrogens is 306 g/mol. The van der Waals surface area contributed by atoms with Gasteiger partial charge in [-0.1, -0.05) is 18.2 Å². The molecule has 5 nitrogen and oxygen atoms in total. The fourth-order valence-electron chi connectivity index (χ4n) is 2.35. The third kappa shape index (κ3) is 4.19. The molecule has 128 valence electrons. The van der Waals surface area contributed by atoms with E-state index >= 15 is 0 Å². The van der Waals surface area contributed by atoms with Crippen molar-refractivity contribution in [3.63, 3.8) is 0 Å². The van der Waals surface area contributed by atoms with Crippen molar-refractivity contribution in [2.45, 2.75) is 13.8 Å². The first-order chi connectivity index (χ1) is 11.6. The van der Waals surface area contributed by atoms with E-state index in [-0.39, 0.29) is 5.91 Å². The van der Waals surface area contributed by atoms with Crippen LogP contribution in [-0.4, -0.2) is 33.3 Å². The van der Waals surface area contributed by atoms with E-state index in [9.17, 15) is 4.79 Å². The first kappa shape index (κ1) is 17.7. The molecule has 0 fully saturated rings. The zero-order valence-corrected chi connectivity index (χ0v) is 14.5. The Bertz CT molecular complexity index is 690. The minimum Gasteiger partial charge on any atom is -0.496 e. The van der Waals surface area contributed by atoms with Crippen LogP contribution in [0.4, 0.5) is 0 Å². The Kier molecular flexibility index (Phi) is 6.07. The molecule has 24 heavy (non-hydrogen) atoms. The predicted octanol–water partition coefficient (Wildman–Crippen LogP) is 3.13. The highest BCUT2D eigenvalue weighted by Gasteiger charge is 2.17. The van der Waals surface area contributed by atoms with Crippen molar-refractivity contribution in [1.82, 2.24) is 5.32 Å². The van der Waals surface area contributed by atoms with E-state index < -0.39 is 0 Å².